The molecule has 0 amide bonds. The van der Waals surface area contributed by atoms with E-state index in [1.54, 1.807) is 0 Å². The lowest BCUT2D eigenvalue weighted by atomic mass is 9.99. The van der Waals surface area contributed by atoms with Gasteiger partial charge in [0, 0.05) is 6.54 Å². The third-order valence-corrected chi connectivity index (χ3v) is 2.67. The van der Waals surface area contributed by atoms with Gasteiger partial charge in [0.1, 0.15) is 0 Å². The number of hydrogen-bond donors (Lipinski definition) is 0. The highest BCUT2D eigenvalue weighted by Crippen LogP contribution is 2.15. The molecule has 0 bridgehead atoms. The molecule has 0 radical (unpaired) electrons. The standard InChI is InChI=1S/C10H20N2/c1-10-4-8-12(9-5-10)7-3-6-11-2/h10H,2-9H2,1H3. The van der Waals surface area contributed by atoms with E-state index in [0.717, 1.165) is 12.5 Å². The summed E-state index contributed by atoms with van der Waals surface area (Å²) in [5.74, 6) is 0.943. The van der Waals surface area contributed by atoms with E-state index >= 15 is 0 Å². The van der Waals surface area contributed by atoms with E-state index in [9.17, 15) is 0 Å². The predicted molar refractivity (Wildman–Crippen MR) is 53.9 cm³/mol. The minimum absolute atomic E-state index is 0.923. The number of nitrogens with zero attached hydrogens (tertiary/aromatic N) is 2. The minimum atomic E-state index is 0.923. The smallest absolute Gasteiger partial charge is 0.0394 e. The van der Waals surface area contributed by atoms with Gasteiger partial charge in [0.15, 0.2) is 0 Å². The van der Waals surface area contributed by atoms with Crippen LogP contribution in [0.25, 0.3) is 0 Å². The van der Waals surface area contributed by atoms with Crippen molar-refractivity contribution >= 4 is 6.72 Å². The SMILES string of the molecule is C=NCCCN1CCC(C)CC1. The summed E-state index contributed by atoms with van der Waals surface area (Å²) in [7, 11) is 0. The van der Waals surface area contributed by atoms with Gasteiger partial charge in [0.05, 0.1) is 0 Å². The Morgan fingerprint density at radius 1 is 1.42 bits per heavy atom. The molecule has 0 N–H and O–H groups in total. The van der Waals surface area contributed by atoms with Gasteiger partial charge in [-0.1, -0.05) is 6.92 Å². The Kier molecular flexibility index (Phi) is 4.30. The molecule has 12 heavy (non-hydrogen) atoms. The topological polar surface area (TPSA) is 15.6 Å². The van der Waals surface area contributed by atoms with Crippen molar-refractivity contribution in [2.45, 2.75) is 26.2 Å². The van der Waals surface area contributed by atoms with Crippen molar-refractivity contribution in [3.05, 3.63) is 0 Å². The van der Waals surface area contributed by atoms with Crippen LogP contribution in [0.2, 0.25) is 0 Å². The average Bonchev–Trinajstić information content (AvgIpc) is 2.09. The summed E-state index contributed by atoms with van der Waals surface area (Å²) in [5, 5.41) is 0. The molecule has 0 aromatic carbocycles. The van der Waals surface area contributed by atoms with E-state index < -0.39 is 0 Å². The van der Waals surface area contributed by atoms with Crippen LogP contribution < -0.4 is 0 Å². The summed E-state index contributed by atoms with van der Waals surface area (Å²) >= 11 is 0. The predicted octanol–water partition coefficient (Wildman–Crippen LogP) is 1.81. The second kappa shape index (κ2) is 5.31. The lowest BCUT2D eigenvalue weighted by Gasteiger charge is -2.29. The molecule has 0 saturated carbocycles. The maximum atomic E-state index is 3.86. The van der Waals surface area contributed by atoms with Crippen LogP contribution in [0.4, 0.5) is 0 Å². The largest absolute Gasteiger partial charge is 0.303 e. The molecule has 0 atom stereocenters. The second-order valence-electron chi connectivity index (χ2n) is 3.82. The molecule has 0 unspecified atom stereocenters. The van der Waals surface area contributed by atoms with Crippen LogP contribution in [0, 0.1) is 5.92 Å². The zero-order valence-corrected chi connectivity index (χ0v) is 8.13. The first-order valence-corrected chi connectivity index (χ1v) is 4.97. The average molecular weight is 168 g/mol. The Labute approximate surface area is 75.7 Å². The Morgan fingerprint density at radius 3 is 2.67 bits per heavy atom. The second-order valence-corrected chi connectivity index (χ2v) is 3.82. The van der Waals surface area contributed by atoms with Crippen LogP contribution in [0.1, 0.15) is 26.2 Å². The highest BCUT2D eigenvalue weighted by atomic mass is 15.1. The molecule has 0 aromatic heterocycles. The monoisotopic (exact) mass is 168 g/mol. The first kappa shape index (κ1) is 9.72. The van der Waals surface area contributed by atoms with Gasteiger partial charge < -0.3 is 9.89 Å². The van der Waals surface area contributed by atoms with Crippen molar-refractivity contribution in [3.63, 3.8) is 0 Å². The van der Waals surface area contributed by atoms with Crippen molar-refractivity contribution in [2.75, 3.05) is 26.2 Å². The van der Waals surface area contributed by atoms with Gasteiger partial charge in [0.25, 0.3) is 0 Å². The number of rotatable bonds is 4. The Hall–Kier alpha value is -0.370. The molecule has 2 nitrogen and oxygen atoms in total. The van der Waals surface area contributed by atoms with Gasteiger partial charge in [-0.25, -0.2) is 0 Å². The van der Waals surface area contributed by atoms with Crippen LogP contribution in [0.15, 0.2) is 4.99 Å². The highest BCUT2D eigenvalue weighted by Gasteiger charge is 2.14. The maximum absolute atomic E-state index is 3.86. The molecule has 1 saturated heterocycles. The van der Waals surface area contributed by atoms with Crippen LogP contribution in [-0.2, 0) is 0 Å². The lowest BCUT2D eigenvalue weighted by Crippen LogP contribution is -2.33. The van der Waals surface area contributed by atoms with E-state index in [1.165, 1.54) is 38.9 Å². The van der Waals surface area contributed by atoms with Gasteiger partial charge in [-0.15, -0.1) is 0 Å². The third-order valence-electron chi connectivity index (χ3n) is 2.67. The first-order chi connectivity index (χ1) is 5.83. The quantitative estimate of drug-likeness (QED) is 0.462. The minimum Gasteiger partial charge on any atom is -0.303 e. The van der Waals surface area contributed by atoms with Gasteiger partial charge in [-0.05, 0) is 51.5 Å². The van der Waals surface area contributed by atoms with Crippen molar-refractivity contribution < 1.29 is 0 Å². The summed E-state index contributed by atoms with van der Waals surface area (Å²) in [4.78, 5) is 6.41. The van der Waals surface area contributed by atoms with Gasteiger partial charge >= 0.3 is 0 Å². The fraction of sp³-hybridized carbons (Fsp3) is 0.900. The van der Waals surface area contributed by atoms with Crippen molar-refractivity contribution in [2.24, 2.45) is 10.9 Å². The summed E-state index contributed by atoms with van der Waals surface area (Å²) in [6.07, 6.45) is 3.93. The molecule has 0 spiro atoms. The number of likely N-dealkylation sites (tertiary alicyclic amines) is 1. The van der Waals surface area contributed by atoms with E-state index in [2.05, 4.69) is 23.5 Å². The normalized spacial score (nSPS) is 21.1. The zero-order valence-electron chi connectivity index (χ0n) is 8.13. The Morgan fingerprint density at radius 2 is 2.08 bits per heavy atom. The molecular weight excluding hydrogens is 148 g/mol. The molecule has 70 valence electrons. The summed E-state index contributed by atoms with van der Waals surface area (Å²) in [6.45, 7) is 10.6. The summed E-state index contributed by atoms with van der Waals surface area (Å²) in [5.41, 5.74) is 0. The first-order valence-electron chi connectivity index (χ1n) is 4.97. The van der Waals surface area contributed by atoms with Crippen molar-refractivity contribution in [1.29, 1.82) is 0 Å². The molecule has 0 aliphatic carbocycles. The van der Waals surface area contributed by atoms with Crippen LogP contribution in [-0.4, -0.2) is 37.8 Å². The van der Waals surface area contributed by atoms with Crippen molar-refractivity contribution in [1.82, 2.24) is 4.90 Å². The molecular formula is C10H20N2. The fourth-order valence-corrected chi connectivity index (χ4v) is 1.69. The highest BCUT2D eigenvalue weighted by molar-refractivity contribution is 5.22. The van der Waals surface area contributed by atoms with Crippen molar-refractivity contribution in [3.8, 4) is 0 Å². The third kappa shape index (κ3) is 3.35. The number of aliphatic imine (C=N–C) groups is 1. The van der Waals surface area contributed by atoms with Gasteiger partial charge in [-0.3, -0.25) is 0 Å². The maximum Gasteiger partial charge on any atom is 0.0394 e. The molecule has 1 aliphatic rings. The lowest BCUT2D eigenvalue weighted by molar-refractivity contribution is 0.192. The molecule has 1 rings (SSSR count). The fourth-order valence-electron chi connectivity index (χ4n) is 1.69. The van der Waals surface area contributed by atoms with Crippen LogP contribution in [0.5, 0.6) is 0 Å². The molecule has 1 heterocycles. The Bertz CT molecular complexity index is 126. The number of hydrogen-bond acceptors (Lipinski definition) is 2. The molecule has 2 heteroatoms. The summed E-state index contributed by atoms with van der Waals surface area (Å²) < 4.78 is 0. The van der Waals surface area contributed by atoms with E-state index in [4.69, 9.17) is 0 Å². The molecule has 1 fully saturated rings. The van der Waals surface area contributed by atoms with Crippen LogP contribution >= 0.6 is 0 Å². The van der Waals surface area contributed by atoms with Gasteiger partial charge in [-0.2, -0.15) is 0 Å². The van der Waals surface area contributed by atoms with E-state index in [1.807, 2.05) is 0 Å². The summed E-state index contributed by atoms with van der Waals surface area (Å²) in [6, 6.07) is 0. The molecule has 1 aliphatic heterocycles. The Balaban J connectivity index is 2.05. The van der Waals surface area contributed by atoms with E-state index in [0.29, 0.717) is 0 Å². The zero-order chi connectivity index (χ0) is 8.81. The molecule has 0 aromatic rings. The number of piperidine rings is 1. The van der Waals surface area contributed by atoms with Gasteiger partial charge in [0.2, 0.25) is 0 Å². The van der Waals surface area contributed by atoms with Crippen LogP contribution in [0.3, 0.4) is 0 Å². The van der Waals surface area contributed by atoms with E-state index in [-0.39, 0.29) is 0 Å².